The molecule has 19 heavy (non-hydrogen) atoms. The first kappa shape index (κ1) is 12.8. The van der Waals surface area contributed by atoms with Crippen LogP contribution in [0.1, 0.15) is 25.7 Å². The van der Waals surface area contributed by atoms with Gasteiger partial charge in [0.15, 0.2) is 0 Å². The van der Waals surface area contributed by atoms with Crippen LogP contribution >= 0.6 is 15.9 Å². The number of halogens is 1. The van der Waals surface area contributed by atoms with Crippen LogP contribution in [0, 0.1) is 0 Å². The SMILES string of the molecule is BrCCCC1CCCN1c1nnc2ccccc2n1. The smallest absolute Gasteiger partial charge is 0.246 e. The largest absolute Gasteiger partial charge is 0.337 e. The third-order valence-electron chi connectivity index (χ3n) is 3.65. The van der Waals surface area contributed by atoms with Crippen LogP contribution in [-0.2, 0) is 0 Å². The Bertz CT molecular complexity index is 560. The number of para-hydroxylation sites is 1. The van der Waals surface area contributed by atoms with E-state index in [1.165, 1.54) is 25.7 Å². The Balaban J connectivity index is 1.86. The van der Waals surface area contributed by atoms with Gasteiger partial charge in [-0.05, 0) is 37.8 Å². The van der Waals surface area contributed by atoms with Gasteiger partial charge >= 0.3 is 0 Å². The van der Waals surface area contributed by atoms with Crippen LogP contribution in [0.2, 0.25) is 0 Å². The summed E-state index contributed by atoms with van der Waals surface area (Å²) in [7, 11) is 0. The Hall–Kier alpha value is -1.23. The van der Waals surface area contributed by atoms with Crippen molar-refractivity contribution in [2.75, 3.05) is 16.8 Å². The van der Waals surface area contributed by atoms with Crippen molar-refractivity contribution in [3.63, 3.8) is 0 Å². The number of benzene rings is 1. The highest BCUT2D eigenvalue weighted by molar-refractivity contribution is 9.09. The number of alkyl halides is 1. The van der Waals surface area contributed by atoms with E-state index in [0.717, 1.165) is 28.9 Å². The number of nitrogens with zero attached hydrogens (tertiary/aromatic N) is 4. The molecule has 0 aliphatic carbocycles. The Labute approximate surface area is 121 Å². The third kappa shape index (κ3) is 2.71. The molecule has 1 unspecified atom stereocenters. The van der Waals surface area contributed by atoms with E-state index in [9.17, 15) is 0 Å². The third-order valence-corrected chi connectivity index (χ3v) is 4.22. The molecule has 0 spiro atoms. The summed E-state index contributed by atoms with van der Waals surface area (Å²) in [5.74, 6) is 0.788. The average molecular weight is 321 g/mol. The minimum absolute atomic E-state index is 0.570. The van der Waals surface area contributed by atoms with E-state index < -0.39 is 0 Å². The summed E-state index contributed by atoms with van der Waals surface area (Å²) >= 11 is 3.50. The molecule has 4 nitrogen and oxygen atoms in total. The van der Waals surface area contributed by atoms with Gasteiger partial charge in [-0.3, -0.25) is 0 Å². The zero-order valence-electron chi connectivity index (χ0n) is 10.8. The second-order valence-electron chi connectivity index (χ2n) is 4.92. The normalized spacial score (nSPS) is 19.2. The van der Waals surface area contributed by atoms with E-state index in [2.05, 4.69) is 36.0 Å². The molecule has 1 aromatic carbocycles. The predicted octanol–water partition coefficient (Wildman–Crippen LogP) is 3.17. The van der Waals surface area contributed by atoms with Gasteiger partial charge in [0.05, 0.1) is 5.52 Å². The molecule has 1 fully saturated rings. The number of anilines is 1. The molecule has 5 heteroatoms. The Morgan fingerprint density at radius 2 is 2.05 bits per heavy atom. The van der Waals surface area contributed by atoms with Crippen molar-refractivity contribution >= 4 is 32.9 Å². The summed E-state index contributed by atoms with van der Waals surface area (Å²) in [5.41, 5.74) is 1.79. The van der Waals surface area contributed by atoms with Crippen LogP contribution in [0.5, 0.6) is 0 Å². The molecule has 1 saturated heterocycles. The molecule has 1 aromatic heterocycles. The van der Waals surface area contributed by atoms with Crippen LogP contribution in [-0.4, -0.2) is 33.1 Å². The topological polar surface area (TPSA) is 41.9 Å². The maximum atomic E-state index is 4.66. The fourth-order valence-electron chi connectivity index (χ4n) is 2.71. The molecular weight excluding hydrogens is 304 g/mol. The Morgan fingerprint density at radius 1 is 1.21 bits per heavy atom. The predicted molar refractivity (Wildman–Crippen MR) is 80.7 cm³/mol. The Kier molecular flexibility index (Phi) is 3.92. The summed E-state index contributed by atoms with van der Waals surface area (Å²) in [4.78, 5) is 6.98. The fourth-order valence-corrected chi connectivity index (χ4v) is 3.03. The van der Waals surface area contributed by atoms with Crippen molar-refractivity contribution in [2.24, 2.45) is 0 Å². The first-order valence-electron chi connectivity index (χ1n) is 6.80. The van der Waals surface area contributed by atoms with Gasteiger partial charge in [0.25, 0.3) is 0 Å². The van der Waals surface area contributed by atoms with Crippen LogP contribution in [0.3, 0.4) is 0 Å². The first-order valence-corrected chi connectivity index (χ1v) is 7.93. The maximum absolute atomic E-state index is 4.66. The monoisotopic (exact) mass is 320 g/mol. The highest BCUT2D eigenvalue weighted by atomic mass is 79.9. The fraction of sp³-hybridized carbons (Fsp3) is 0.500. The number of fused-ring (bicyclic) bond motifs is 1. The highest BCUT2D eigenvalue weighted by Gasteiger charge is 2.26. The van der Waals surface area contributed by atoms with Crippen molar-refractivity contribution in [1.29, 1.82) is 0 Å². The van der Waals surface area contributed by atoms with Crippen molar-refractivity contribution in [3.05, 3.63) is 24.3 Å². The lowest BCUT2D eigenvalue weighted by Crippen LogP contribution is -2.31. The zero-order valence-corrected chi connectivity index (χ0v) is 12.4. The lowest BCUT2D eigenvalue weighted by atomic mass is 10.1. The molecule has 0 N–H and O–H groups in total. The molecule has 100 valence electrons. The van der Waals surface area contributed by atoms with Crippen molar-refractivity contribution in [2.45, 2.75) is 31.7 Å². The number of hydrogen-bond donors (Lipinski definition) is 0. The van der Waals surface area contributed by atoms with E-state index in [-0.39, 0.29) is 0 Å². The first-order chi connectivity index (χ1) is 9.38. The van der Waals surface area contributed by atoms with Gasteiger partial charge in [0, 0.05) is 17.9 Å². The van der Waals surface area contributed by atoms with E-state index in [4.69, 9.17) is 0 Å². The molecule has 3 rings (SSSR count). The van der Waals surface area contributed by atoms with Gasteiger partial charge in [-0.25, -0.2) is 4.98 Å². The van der Waals surface area contributed by atoms with Crippen LogP contribution < -0.4 is 4.90 Å². The van der Waals surface area contributed by atoms with Crippen molar-refractivity contribution < 1.29 is 0 Å². The molecule has 0 saturated carbocycles. The average Bonchev–Trinajstić information content (AvgIpc) is 2.93. The quantitative estimate of drug-likeness (QED) is 0.811. The standard InChI is InChI=1S/C14H17BrN4/c15-9-3-5-11-6-4-10-19(11)14-16-12-7-1-2-8-13(12)17-18-14/h1-2,7-8,11H,3-6,9-10H2. The maximum Gasteiger partial charge on any atom is 0.246 e. The van der Waals surface area contributed by atoms with E-state index in [1.54, 1.807) is 0 Å². The second kappa shape index (κ2) is 5.82. The minimum Gasteiger partial charge on any atom is -0.337 e. The van der Waals surface area contributed by atoms with Gasteiger partial charge in [0.2, 0.25) is 5.95 Å². The summed E-state index contributed by atoms with van der Waals surface area (Å²) in [6.07, 6.45) is 4.86. The van der Waals surface area contributed by atoms with Gasteiger partial charge in [0.1, 0.15) is 5.52 Å². The van der Waals surface area contributed by atoms with Crippen LogP contribution in [0.15, 0.2) is 24.3 Å². The molecule has 0 bridgehead atoms. The Morgan fingerprint density at radius 3 is 2.89 bits per heavy atom. The molecule has 1 aliphatic heterocycles. The van der Waals surface area contributed by atoms with Crippen molar-refractivity contribution in [1.82, 2.24) is 15.2 Å². The number of rotatable bonds is 4. The summed E-state index contributed by atoms with van der Waals surface area (Å²) in [6.45, 7) is 1.05. The van der Waals surface area contributed by atoms with Crippen molar-refractivity contribution in [3.8, 4) is 0 Å². The van der Waals surface area contributed by atoms with Crippen LogP contribution in [0.25, 0.3) is 11.0 Å². The van der Waals surface area contributed by atoms with Gasteiger partial charge in [-0.15, -0.1) is 10.2 Å². The molecule has 1 aliphatic rings. The highest BCUT2D eigenvalue weighted by Crippen LogP contribution is 2.26. The summed E-state index contributed by atoms with van der Waals surface area (Å²) in [6, 6.07) is 8.48. The molecular formula is C14H17BrN4. The lowest BCUT2D eigenvalue weighted by molar-refractivity contribution is 0.594. The minimum atomic E-state index is 0.570. The zero-order chi connectivity index (χ0) is 13.1. The molecule has 2 heterocycles. The van der Waals surface area contributed by atoms with E-state index >= 15 is 0 Å². The van der Waals surface area contributed by atoms with Crippen LogP contribution in [0.4, 0.5) is 5.95 Å². The van der Waals surface area contributed by atoms with E-state index in [1.807, 2.05) is 24.3 Å². The van der Waals surface area contributed by atoms with Gasteiger partial charge in [-0.1, -0.05) is 28.1 Å². The molecule has 0 radical (unpaired) electrons. The molecule has 0 amide bonds. The summed E-state index contributed by atoms with van der Waals surface area (Å²) < 4.78 is 0. The van der Waals surface area contributed by atoms with Gasteiger partial charge in [-0.2, -0.15) is 0 Å². The van der Waals surface area contributed by atoms with Gasteiger partial charge < -0.3 is 4.90 Å². The van der Waals surface area contributed by atoms with E-state index in [0.29, 0.717) is 6.04 Å². The molecule has 1 atom stereocenters. The number of aromatic nitrogens is 3. The number of hydrogen-bond acceptors (Lipinski definition) is 4. The summed E-state index contributed by atoms with van der Waals surface area (Å²) in [5, 5.41) is 9.64. The molecule has 2 aromatic rings. The second-order valence-corrected chi connectivity index (χ2v) is 5.71. The lowest BCUT2D eigenvalue weighted by Gasteiger charge is -2.24.